The number of nitrogens with one attached hydrogen (secondary N) is 5. The summed E-state index contributed by atoms with van der Waals surface area (Å²) in [5, 5.41) is 60.0. The second kappa shape index (κ2) is 34.7. The van der Waals surface area contributed by atoms with Gasteiger partial charge in [0.25, 0.3) is 0 Å². The Labute approximate surface area is 348 Å². The first-order chi connectivity index (χ1) is 28.1. The second-order valence-corrected chi connectivity index (χ2v) is 15.3. The molecule has 0 saturated heterocycles. The van der Waals surface area contributed by atoms with E-state index < -0.39 is 72.4 Å². The van der Waals surface area contributed by atoms with Crippen LogP contribution in [0.2, 0.25) is 0 Å². The highest BCUT2D eigenvalue weighted by molar-refractivity contribution is 5.85. The van der Waals surface area contributed by atoms with Crippen LogP contribution < -0.4 is 26.6 Å². The van der Waals surface area contributed by atoms with Gasteiger partial charge < -0.3 is 52.1 Å². The van der Waals surface area contributed by atoms with E-state index in [1.54, 1.807) is 7.05 Å². The lowest BCUT2D eigenvalue weighted by Gasteiger charge is -2.21. The first-order valence-electron chi connectivity index (χ1n) is 21.4. The van der Waals surface area contributed by atoms with Crippen LogP contribution in [-0.2, 0) is 38.4 Å². The van der Waals surface area contributed by atoms with Gasteiger partial charge in [0.05, 0.1) is 12.1 Å². The molecule has 18 heteroatoms. The average molecular weight is 844 g/mol. The SMILES string of the molecule is CN[C@@H](CCCCNC(=O)CC[C@H](NC(=O)CC[C@H](NC(=O)CC[C@H](NC(=O)CCCCCCCCCCCCCCCCC(=O)O)C(=O)O)C(O)O)C(=O)O)C(C)=O. The molecule has 0 spiro atoms. The molecule has 0 aliphatic carbocycles. The van der Waals surface area contributed by atoms with Crippen molar-refractivity contribution in [3.63, 3.8) is 0 Å². The van der Waals surface area contributed by atoms with E-state index in [9.17, 15) is 58.8 Å². The van der Waals surface area contributed by atoms with Crippen molar-refractivity contribution in [2.24, 2.45) is 0 Å². The second-order valence-electron chi connectivity index (χ2n) is 15.3. The zero-order valence-electron chi connectivity index (χ0n) is 35.3. The summed E-state index contributed by atoms with van der Waals surface area (Å²) in [7, 11) is 1.69. The number of hydrogen-bond acceptors (Lipinski definition) is 11. The van der Waals surface area contributed by atoms with Gasteiger partial charge in [0.2, 0.25) is 23.6 Å². The first kappa shape index (κ1) is 54.8. The number of likely N-dealkylation sites (N-methyl/N-ethyl adjacent to an activating group) is 1. The zero-order chi connectivity index (χ0) is 44.4. The Balaban J connectivity index is 4.36. The lowest BCUT2D eigenvalue weighted by atomic mass is 10.0. The van der Waals surface area contributed by atoms with Crippen LogP contribution in [-0.4, -0.2) is 117 Å². The Bertz CT molecular complexity index is 1270. The molecule has 0 bridgehead atoms. The molecule has 0 aromatic rings. The molecule has 0 heterocycles. The third-order valence-corrected chi connectivity index (χ3v) is 10.1. The van der Waals surface area contributed by atoms with Gasteiger partial charge >= 0.3 is 17.9 Å². The van der Waals surface area contributed by atoms with E-state index in [0.717, 1.165) is 57.8 Å². The summed E-state index contributed by atoms with van der Waals surface area (Å²) in [6, 6.07) is -4.32. The molecule has 0 fully saturated rings. The van der Waals surface area contributed by atoms with Crippen LogP contribution in [0.1, 0.15) is 167 Å². The Hall–Kier alpha value is -4.16. The quantitative estimate of drug-likeness (QED) is 0.0314. The minimum absolute atomic E-state index is 0.0227. The van der Waals surface area contributed by atoms with Gasteiger partial charge in [-0.2, -0.15) is 0 Å². The number of rotatable bonds is 39. The molecule has 4 amide bonds. The van der Waals surface area contributed by atoms with Crippen molar-refractivity contribution in [2.75, 3.05) is 13.6 Å². The molecule has 0 unspecified atom stereocenters. The number of aliphatic hydroxyl groups excluding tert-OH is 1. The van der Waals surface area contributed by atoms with Crippen molar-refractivity contribution < 1.29 is 63.9 Å². The van der Waals surface area contributed by atoms with Gasteiger partial charge in [0, 0.05) is 38.6 Å². The molecule has 0 radical (unpaired) electrons. The van der Waals surface area contributed by atoms with Crippen LogP contribution in [0.5, 0.6) is 0 Å². The van der Waals surface area contributed by atoms with Crippen LogP contribution in [0, 0.1) is 0 Å². The van der Waals surface area contributed by atoms with Crippen LogP contribution in [0.25, 0.3) is 0 Å². The number of ketones is 1. The largest absolute Gasteiger partial charge is 0.481 e. The normalized spacial score (nSPS) is 13.2. The maximum Gasteiger partial charge on any atom is 0.326 e. The summed E-state index contributed by atoms with van der Waals surface area (Å²) in [5.41, 5.74) is 0. The summed E-state index contributed by atoms with van der Waals surface area (Å²) in [6.07, 6.45) is 12.9. The molecule has 0 aromatic heterocycles. The van der Waals surface area contributed by atoms with Gasteiger partial charge in [-0.1, -0.05) is 77.0 Å². The summed E-state index contributed by atoms with van der Waals surface area (Å²) in [5.74, 6) is -5.78. The molecular weight excluding hydrogens is 770 g/mol. The number of aliphatic hydroxyl groups is 2. The lowest BCUT2D eigenvalue weighted by molar-refractivity contribution is -0.142. The molecule has 340 valence electrons. The standard InChI is InChI=1S/C41H73N5O13/c1-29(47)30(42-2)19-17-18-28-43-34(48)25-22-31(39(54)55)45-36(50)27-24-33(41(58)59)46-37(51)26-23-32(40(56)57)44-35(49)20-15-13-11-9-7-5-3-4-6-8-10-12-14-16-21-38(52)53/h30-33,41-42,58-59H,3-28H2,1-2H3,(H,43,48)(H,44,49)(H,45,50)(H,46,51)(H,52,53)(H,54,55)(H,56,57)/t30-,31-,32-,33-/m0/s1. The van der Waals surface area contributed by atoms with E-state index in [-0.39, 0.29) is 56.8 Å². The van der Waals surface area contributed by atoms with Crippen molar-refractivity contribution in [1.29, 1.82) is 0 Å². The van der Waals surface area contributed by atoms with E-state index >= 15 is 0 Å². The first-order valence-corrected chi connectivity index (χ1v) is 21.4. The smallest absolute Gasteiger partial charge is 0.326 e. The maximum absolute atomic E-state index is 12.6. The Morgan fingerprint density at radius 2 is 0.847 bits per heavy atom. The predicted molar refractivity (Wildman–Crippen MR) is 219 cm³/mol. The average Bonchev–Trinajstić information content (AvgIpc) is 3.17. The summed E-state index contributed by atoms with van der Waals surface area (Å²) in [4.78, 5) is 95.2. The van der Waals surface area contributed by atoms with Gasteiger partial charge in [-0.25, -0.2) is 9.59 Å². The number of carbonyl (C=O) groups is 8. The minimum Gasteiger partial charge on any atom is -0.481 e. The molecule has 0 saturated carbocycles. The summed E-state index contributed by atoms with van der Waals surface area (Å²) < 4.78 is 0. The van der Waals surface area contributed by atoms with Gasteiger partial charge in [-0.05, 0) is 65.3 Å². The van der Waals surface area contributed by atoms with E-state index in [1.807, 2.05) is 0 Å². The fraction of sp³-hybridized carbons (Fsp3) is 0.805. The molecular formula is C41H73N5O13. The van der Waals surface area contributed by atoms with Crippen molar-refractivity contribution in [2.45, 2.75) is 198 Å². The van der Waals surface area contributed by atoms with Crippen molar-refractivity contribution in [3.05, 3.63) is 0 Å². The number of carboxylic acid groups (broad SMARTS) is 3. The number of carboxylic acids is 3. The summed E-state index contributed by atoms with van der Waals surface area (Å²) in [6.45, 7) is 1.83. The van der Waals surface area contributed by atoms with E-state index in [1.165, 1.54) is 32.6 Å². The molecule has 10 N–H and O–H groups in total. The monoisotopic (exact) mass is 844 g/mol. The molecule has 59 heavy (non-hydrogen) atoms. The summed E-state index contributed by atoms with van der Waals surface area (Å²) >= 11 is 0. The highest BCUT2D eigenvalue weighted by atomic mass is 16.5. The van der Waals surface area contributed by atoms with Gasteiger partial charge in [0.1, 0.15) is 17.9 Å². The molecule has 0 aliphatic heterocycles. The van der Waals surface area contributed by atoms with Crippen molar-refractivity contribution in [1.82, 2.24) is 26.6 Å². The van der Waals surface area contributed by atoms with Crippen LogP contribution in [0.3, 0.4) is 0 Å². The minimum atomic E-state index is -2.09. The number of hydrogen-bond donors (Lipinski definition) is 10. The van der Waals surface area contributed by atoms with Crippen molar-refractivity contribution in [3.8, 4) is 0 Å². The third-order valence-electron chi connectivity index (χ3n) is 10.1. The van der Waals surface area contributed by atoms with Gasteiger partial charge in [-0.3, -0.25) is 28.8 Å². The molecule has 0 aliphatic rings. The predicted octanol–water partition coefficient (Wildman–Crippen LogP) is 3.05. The fourth-order valence-electron chi connectivity index (χ4n) is 6.48. The third kappa shape index (κ3) is 31.4. The topological polar surface area (TPSA) is 298 Å². The van der Waals surface area contributed by atoms with Crippen LogP contribution in [0.4, 0.5) is 0 Å². The molecule has 0 rings (SSSR count). The highest BCUT2D eigenvalue weighted by Gasteiger charge is 2.26. The molecule has 0 aromatic carbocycles. The highest BCUT2D eigenvalue weighted by Crippen LogP contribution is 2.14. The number of unbranched alkanes of at least 4 members (excludes halogenated alkanes) is 14. The Morgan fingerprint density at radius 1 is 0.441 bits per heavy atom. The van der Waals surface area contributed by atoms with Crippen molar-refractivity contribution >= 4 is 47.3 Å². The number of amides is 4. The van der Waals surface area contributed by atoms with E-state index in [2.05, 4.69) is 26.6 Å². The molecule has 18 nitrogen and oxygen atoms in total. The molecule has 4 atom stereocenters. The maximum atomic E-state index is 12.6. The fourth-order valence-corrected chi connectivity index (χ4v) is 6.48. The lowest BCUT2D eigenvalue weighted by Crippen LogP contribution is -2.46. The number of Topliss-reactive ketones (excluding diaryl/α,β-unsaturated/α-hetero) is 1. The van der Waals surface area contributed by atoms with Crippen LogP contribution in [0.15, 0.2) is 0 Å². The number of carbonyl (C=O) groups excluding carboxylic acids is 5. The van der Waals surface area contributed by atoms with Crippen LogP contribution >= 0.6 is 0 Å². The Morgan fingerprint density at radius 3 is 1.27 bits per heavy atom. The van der Waals surface area contributed by atoms with Gasteiger partial charge in [0.15, 0.2) is 6.29 Å². The number of aliphatic carboxylic acids is 3. The zero-order valence-corrected chi connectivity index (χ0v) is 35.3. The van der Waals surface area contributed by atoms with E-state index in [4.69, 9.17) is 5.11 Å². The Kier molecular flexibility index (Phi) is 32.2. The van der Waals surface area contributed by atoms with E-state index in [0.29, 0.717) is 32.2 Å². The van der Waals surface area contributed by atoms with Gasteiger partial charge in [-0.15, -0.1) is 0 Å².